The summed E-state index contributed by atoms with van der Waals surface area (Å²) in [5.41, 5.74) is 0. The van der Waals surface area contributed by atoms with Crippen molar-refractivity contribution < 1.29 is 24.0 Å². The van der Waals surface area contributed by atoms with Crippen molar-refractivity contribution in [2.45, 2.75) is 26.7 Å². The van der Waals surface area contributed by atoms with Crippen molar-refractivity contribution in [2.75, 3.05) is 19.0 Å². The SMILES string of the molecule is CCC[P+](C)(CCC)c1ccccc1.[I-]. The van der Waals surface area contributed by atoms with Gasteiger partial charge >= 0.3 is 0 Å². The van der Waals surface area contributed by atoms with Gasteiger partial charge in [0.2, 0.25) is 0 Å². The second kappa shape index (κ2) is 7.62. The highest BCUT2D eigenvalue weighted by Crippen LogP contribution is 2.54. The molecular formula is C13H22IP. The summed E-state index contributed by atoms with van der Waals surface area (Å²) < 4.78 is 0. The Kier molecular flexibility index (Phi) is 7.81. The smallest absolute Gasteiger partial charge is 0.0936 e. The van der Waals surface area contributed by atoms with E-state index in [1.165, 1.54) is 25.2 Å². The summed E-state index contributed by atoms with van der Waals surface area (Å²) in [5, 5.41) is 1.61. The molecule has 0 aliphatic carbocycles. The fourth-order valence-electron chi connectivity index (χ4n) is 2.14. The van der Waals surface area contributed by atoms with Gasteiger partial charge in [0.25, 0.3) is 0 Å². The molecule has 0 aromatic heterocycles. The Hall–Kier alpha value is 0.380. The highest BCUT2D eigenvalue weighted by Gasteiger charge is 2.31. The fraction of sp³-hybridized carbons (Fsp3) is 0.538. The van der Waals surface area contributed by atoms with E-state index in [-0.39, 0.29) is 24.0 Å². The van der Waals surface area contributed by atoms with Crippen LogP contribution in [0, 0.1) is 0 Å². The molecule has 0 nitrogen and oxygen atoms in total. The van der Waals surface area contributed by atoms with Gasteiger partial charge in [0.15, 0.2) is 0 Å². The quantitative estimate of drug-likeness (QED) is 0.551. The highest BCUT2D eigenvalue weighted by atomic mass is 127. The number of benzene rings is 1. The lowest BCUT2D eigenvalue weighted by Crippen LogP contribution is -3.00. The van der Waals surface area contributed by atoms with Crippen LogP contribution in [0.3, 0.4) is 0 Å². The Morgan fingerprint density at radius 2 is 1.40 bits per heavy atom. The van der Waals surface area contributed by atoms with Crippen molar-refractivity contribution in [2.24, 2.45) is 0 Å². The van der Waals surface area contributed by atoms with Gasteiger partial charge in [-0.3, -0.25) is 0 Å². The minimum absolute atomic E-state index is 0. The van der Waals surface area contributed by atoms with E-state index < -0.39 is 7.26 Å². The third-order valence-corrected chi connectivity index (χ3v) is 7.23. The van der Waals surface area contributed by atoms with Gasteiger partial charge in [-0.15, -0.1) is 0 Å². The molecule has 0 atom stereocenters. The molecule has 1 rings (SSSR count). The number of hydrogen-bond donors (Lipinski definition) is 0. The third kappa shape index (κ3) is 4.40. The van der Waals surface area contributed by atoms with Crippen LogP contribution in [0.25, 0.3) is 0 Å². The van der Waals surface area contributed by atoms with Gasteiger partial charge in [0.05, 0.1) is 24.3 Å². The van der Waals surface area contributed by atoms with Crippen LogP contribution in [0.1, 0.15) is 26.7 Å². The number of hydrogen-bond acceptors (Lipinski definition) is 0. The standard InChI is InChI=1S/C13H22P.HI/c1-4-11-14(3,12-5-2)13-9-7-6-8-10-13;/h6-10H,4-5,11-12H2,1-3H3;1H/q+1;/p-1. The molecule has 0 fully saturated rings. The summed E-state index contributed by atoms with van der Waals surface area (Å²) in [7, 11) is -0.822. The molecule has 0 bridgehead atoms. The second-order valence-corrected chi connectivity index (χ2v) is 8.38. The largest absolute Gasteiger partial charge is 1.00 e. The van der Waals surface area contributed by atoms with Gasteiger partial charge in [-0.05, 0) is 25.0 Å². The molecule has 0 N–H and O–H groups in total. The van der Waals surface area contributed by atoms with Crippen molar-refractivity contribution >= 4 is 12.6 Å². The molecule has 0 radical (unpaired) electrons. The lowest BCUT2D eigenvalue weighted by atomic mass is 10.4. The molecule has 86 valence electrons. The molecule has 1 aromatic carbocycles. The molecule has 0 unspecified atom stereocenters. The van der Waals surface area contributed by atoms with Crippen LogP contribution in [0.2, 0.25) is 0 Å². The molecule has 1 aromatic rings. The van der Waals surface area contributed by atoms with Crippen molar-refractivity contribution in [3.63, 3.8) is 0 Å². The molecule has 0 heterocycles. The lowest BCUT2D eigenvalue weighted by molar-refractivity contribution is -0.00000313. The first-order valence-corrected chi connectivity index (χ1v) is 8.23. The minimum Gasteiger partial charge on any atom is -1.00 e. The van der Waals surface area contributed by atoms with Gasteiger partial charge in [0.1, 0.15) is 0 Å². The summed E-state index contributed by atoms with van der Waals surface area (Å²) in [5.74, 6) is 0. The van der Waals surface area contributed by atoms with Gasteiger partial charge in [-0.1, -0.05) is 32.0 Å². The zero-order valence-corrected chi connectivity index (χ0v) is 13.1. The third-order valence-electron chi connectivity index (χ3n) is 2.81. The van der Waals surface area contributed by atoms with E-state index in [2.05, 4.69) is 50.8 Å². The maximum Gasteiger partial charge on any atom is 0.0936 e. The van der Waals surface area contributed by atoms with E-state index in [4.69, 9.17) is 0 Å². The van der Waals surface area contributed by atoms with Gasteiger partial charge in [-0.25, -0.2) is 0 Å². The highest BCUT2D eigenvalue weighted by molar-refractivity contribution is 7.82. The topological polar surface area (TPSA) is 0 Å². The van der Waals surface area contributed by atoms with Crippen molar-refractivity contribution in [1.82, 2.24) is 0 Å². The van der Waals surface area contributed by atoms with E-state index in [0.717, 1.165) is 0 Å². The van der Waals surface area contributed by atoms with Crippen molar-refractivity contribution in [3.8, 4) is 0 Å². The predicted molar refractivity (Wildman–Crippen MR) is 69.2 cm³/mol. The van der Waals surface area contributed by atoms with Crippen LogP contribution in [0.5, 0.6) is 0 Å². The minimum atomic E-state index is -0.822. The van der Waals surface area contributed by atoms with Crippen LogP contribution in [0.4, 0.5) is 0 Å². The Labute approximate surface area is 112 Å². The average Bonchev–Trinajstić information content (AvgIpc) is 2.20. The summed E-state index contributed by atoms with van der Waals surface area (Å²) in [4.78, 5) is 0. The molecule has 0 amide bonds. The molecule has 15 heavy (non-hydrogen) atoms. The normalized spacial score (nSPS) is 10.9. The van der Waals surface area contributed by atoms with Crippen molar-refractivity contribution in [3.05, 3.63) is 30.3 Å². The Balaban J connectivity index is 0.00000196. The molecule has 0 spiro atoms. The first-order valence-electron chi connectivity index (χ1n) is 5.63. The molecule has 2 heteroatoms. The Morgan fingerprint density at radius 1 is 0.933 bits per heavy atom. The second-order valence-electron chi connectivity index (χ2n) is 4.18. The first kappa shape index (κ1) is 15.4. The number of halogens is 1. The van der Waals surface area contributed by atoms with Crippen molar-refractivity contribution in [1.29, 1.82) is 0 Å². The van der Waals surface area contributed by atoms with Crippen LogP contribution in [-0.2, 0) is 0 Å². The van der Waals surface area contributed by atoms with E-state index in [0.29, 0.717) is 0 Å². The van der Waals surface area contributed by atoms with Gasteiger partial charge in [0, 0.05) is 7.26 Å². The molecular weight excluding hydrogens is 314 g/mol. The van der Waals surface area contributed by atoms with E-state index in [1.807, 2.05) is 0 Å². The fourth-order valence-corrected chi connectivity index (χ4v) is 5.75. The molecule has 0 aliphatic heterocycles. The van der Waals surface area contributed by atoms with Crippen LogP contribution >= 0.6 is 7.26 Å². The lowest BCUT2D eigenvalue weighted by Gasteiger charge is -2.21. The molecule has 0 aliphatic rings. The average molecular weight is 336 g/mol. The van der Waals surface area contributed by atoms with E-state index in [1.54, 1.807) is 5.30 Å². The Morgan fingerprint density at radius 3 is 1.80 bits per heavy atom. The monoisotopic (exact) mass is 336 g/mol. The number of rotatable bonds is 5. The molecule has 0 saturated heterocycles. The first-order chi connectivity index (χ1) is 6.73. The summed E-state index contributed by atoms with van der Waals surface area (Å²) >= 11 is 0. The maximum atomic E-state index is 2.51. The zero-order chi connectivity index (χ0) is 10.4. The van der Waals surface area contributed by atoms with Crippen LogP contribution < -0.4 is 29.3 Å². The van der Waals surface area contributed by atoms with Crippen LogP contribution in [-0.4, -0.2) is 19.0 Å². The molecule has 0 saturated carbocycles. The van der Waals surface area contributed by atoms with Crippen LogP contribution in [0.15, 0.2) is 30.3 Å². The van der Waals surface area contributed by atoms with E-state index >= 15 is 0 Å². The summed E-state index contributed by atoms with van der Waals surface area (Å²) in [6.45, 7) is 7.11. The predicted octanol–water partition coefficient (Wildman–Crippen LogP) is 0.783. The summed E-state index contributed by atoms with van der Waals surface area (Å²) in [6, 6.07) is 11.1. The van der Waals surface area contributed by atoms with E-state index in [9.17, 15) is 0 Å². The Bertz CT molecular complexity index is 252. The summed E-state index contributed by atoms with van der Waals surface area (Å²) in [6.07, 6.45) is 5.45. The zero-order valence-electron chi connectivity index (χ0n) is 10.0. The van der Waals surface area contributed by atoms with Gasteiger partial charge in [-0.2, -0.15) is 0 Å². The van der Waals surface area contributed by atoms with Gasteiger partial charge < -0.3 is 24.0 Å². The maximum absolute atomic E-state index is 2.51.